The molecule has 4 rings (SSSR count). The molecule has 1 fully saturated rings. The van der Waals surface area contributed by atoms with Crippen LogP contribution in [0.15, 0.2) is 30.3 Å². The lowest BCUT2D eigenvalue weighted by molar-refractivity contribution is -0.268. The van der Waals surface area contributed by atoms with Crippen LogP contribution in [0.4, 0.5) is 0 Å². The third kappa shape index (κ3) is 10.8. The van der Waals surface area contributed by atoms with Gasteiger partial charge < -0.3 is 33.2 Å². The average molecular weight is 689 g/mol. The molecule has 0 aromatic heterocycles. The summed E-state index contributed by atoms with van der Waals surface area (Å²) in [6.07, 6.45) is 8.77. The van der Waals surface area contributed by atoms with Crippen molar-refractivity contribution < 1.29 is 33.2 Å². The van der Waals surface area contributed by atoms with Crippen LogP contribution in [0.5, 0.6) is 11.5 Å². The van der Waals surface area contributed by atoms with Gasteiger partial charge in [-0.25, -0.2) is 0 Å². The van der Waals surface area contributed by atoms with Gasteiger partial charge in [0.2, 0.25) is 0 Å². The minimum Gasteiger partial charge on any atom is -0.494 e. The van der Waals surface area contributed by atoms with E-state index in [0.29, 0.717) is 52.7 Å². The van der Waals surface area contributed by atoms with Gasteiger partial charge >= 0.3 is 0 Å². The van der Waals surface area contributed by atoms with Crippen LogP contribution in [0, 0.1) is 0 Å². The monoisotopic (exact) mass is 688 g/mol. The summed E-state index contributed by atoms with van der Waals surface area (Å²) in [5.74, 6) is 1.70. The van der Waals surface area contributed by atoms with Crippen LogP contribution in [-0.4, -0.2) is 70.7 Å². The Kier molecular flexibility index (Phi) is 17.3. The van der Waals surface area contributed by atoms with E-state index in [1.807, 2.05) is 19.1 Å². The molecular weight excluding hydrogens is 628 g/mol. The first-order valence-electron chi connectivity index (χ1n) is 18.8. The average Bonchev–Trinajstić information content (AvgIpc) is 3.10. The molecule has 2 heterocycles. The Bertz CT molecular complexity index is 1190. The van der Waals surface area contributed by atoms with Crippen molar-refractivity contribution in [1.82, 2.24) is 0 Å². The third-order valence-corrected chi connectivity index (χ3v) is 9.62. The SMILES string of the molecule is CCCCOC[C@H]1O[C@@H](c2cc(Cc3ccc(OCC)cc3)c(Cl)c3c2OCCC3)[C@H](OCCCC)[C@@H](OCCCC)[C@@H]1OCCCC. The van der Waals surface area contributed by atoms with E-state index in [4.69, 9.17) is 44.8 Å². The molecule has 0 spiro atoms. The maximum Gasteiger partial charge on any atom is 0.129 e. The number of rotatable bonds is 22. The molecule has 2 aliphatic heterocycles. The molecule has 0 N–H and O–H groups in total. The number of fused-ring (bicyclic) bond motifs is 1. The molecule has 270 valence electrons. The Balaban J connectivity index is 1.78. The maximum atomic E-state index is 7.20. The molecule has 2 aliphatic rings. The summed E-state index contributed by atoms with van der Waals surface area (Å²) >= 11 is 7.20. The van der Waals surface area contributed by atoms with Gasteiger partial charge in [-0.3, -0.25) is 0 Å². The van der Waals surface area contributed by atoms with E-state index in [1.165, 1.54) is 0 Å². The predicted octanol–water partition coefficient (Wildman–Crippen LogP) is 9.47. The van der Waals surface area contributed by atoms with Crippen molar-refractivity contribution in [3.63, 3.8) is 0 Å². The maximum absolute atomic E-state index is 7.20. The Morgan fingerprint density at radius 1 is 0.771 bits per heavy atom. The van der Waals surface area contributed by atoms with Crippen molar-refractivity contribution in [2.75, 3.05) is 46.2 Å². The Morgan fingerprint density at radius 3 is 2.04 bits per heavy atom. The first-order valence-corrected chi connectivity index (χ1v) is 19.2. The second-order valence-corrected chi connectivity index (χ2v) is 13.4. The van der Waals surface area contributed by atoms with Gasteiger partial charge in [-0.2, -0.15) is 0 Å². The molecule has 0 aliphatic carbocycles. The Labute approximate surface area is 295 Å². The number of hydrogen-bond acceptors (Lipinski definition) is 7. The van der Waals surface area contributed by atoms with Crippen LogP contribution < -0.4 is 9.47 Å². The van der Waals surface area contributed by atoms with Crippen molar-refractivity contribution >= 4 is 11.6 Å². The van der Waals surface area contributed by atoms with Crippen LogP contribution in [-0.2, 0) is 36.5 Å². The third-order valence-electron chi connectivity index (χ3n) is 9.15. The summed E-state index contributed by atoms with van der Waals surface area (Å²) < 4.78 is 45.8. The summed E-state index contributed by atoms with van der Waals surface area (Å²) in [7, 11) is 0. The fourth-order valence-electron chi connectivity index (χ4n) is 6.44. The predicted molar refractivity (Wildman–Crippen MR) is 193 cm³/mol. The van der Waals surface area contributed by atoms with Crippen molar-refractivity contribution in [3.05, 3.63) is 57.6 Å². The molecule has 5 atom stereocenters. The van der Waals surface area contributed by atoms with E-state index >= 15 is 0 Å². The van der Waals surface area contributed by atoms with Crippen LogP contribution in [0.3, 0.4) is 0 Å². The van der Waals surface area contributed by atoms with Crippen LogP contribution in [0.25, 0.3) is 0 Å². The number of benzene rings is 2. The Hall–Kier alpha value is -1.87. The van der Waals surface area contributed by atoms with E-state index in [-0.39, 0.29) is 24.4 Å². The van der Waals surface area contributed by atoms with Gasteiger partial charge in [0.15, 0.2) is 0 Å². The van der Waals surface area contributed by atoms with E-state index in [9.17, 15) is 0 Å². The number of halogens is 1. The summed E-state index contributed by atoms with van der Waals surface area (Å²) in [6, 6.07) is 10.5. The molecule has 48 heavy (non-hydrogen) atoms. The van der Waals surface area contributed by atoms with Gasteiger partial charge in [0.05, 0.1) is 24.8 Å². The second kappa shape index (κ2) is 21.4. The lowest BCUT2D eigenvalue weighted by Crippen LogP contribution is -2.58. The first kappa shape index (κ1) is 38.9. The molecule has 0 saturated carbocycles. The molecular formula is C40H61ClO7. The smallest absolute Gasteiger partial charge is 0.129 e. The quantitative estimate of drug-likeness (QED) is 0.114. The molecule has 0 unspecified atom stereocenters. The highest BCUT2D eigenvalue weighted by Gasteiger charge is 2.50. The van der Waals surface area contributed by atoms with Crippen molar-refractivity contribution in [2.45, 2.75) is 136 Å². The van der Waals surface area contributed by atoms with Gasteiger partial charge in [-0.15, -0.1) is 0 Å². The highest BCUT2D eigenvalue weighted by molar-refractivity contribution is 6.32. The summed E-state index contributed by atoms with van der Waals surface area (Å²) in [4.78, 5) is 0. The van der Waals surface area contributed by atoms with Crippen molar-refractivity contribution in [3.8, 4) is 11.5 Å². The molecule has 2 aromatic carbocycles. The van der Waals surface area contributed by atoms with Gasteiger partial charge in [-0.1, -0.05) is 77.1 Å². The Morgan fingerprint density at radius 2 is 1.40 bits per heavy atom. The van der Waals surface area contributed by atoms with Crippen LogP contribution >= 0.6 is 11.6 Å². The van der Waals surface area contributed by atoms with Crippen LogP contribution in [0.1, 0.15) is 121 Å². The molecule has 2 aromatic rings. The molecule has 0 bridgehead atoms. The van der Waals surface area contributed by atoms with Crippen LogP contribution in [0.2, 0.25) is 5.02 Å². The van der Waals surface area contributed by atoms with E-state index in [2.05, 4.69) is 45.9 Å². The minimum absolute atomic E-state index is 0.315. The molecule has 0 amide bonds. The van der Waals surface area contributed by atoms with Gasteiger partial charge in [0.1, 0.15) is 42.0 Å². The fraction of sp³-hybridized carbons (Fsp3) is 0.700. The highest BCUT2D eigenvalue weighted by Crippen LogP contribution is 2.46. The second-order valence-electron chi connectivity index (χ2n) is 13.0. The van der Waals surface area contributed by atoms with Crippen molar-refractivity contribution in [2.24, 2.45) is 0 Å². The van der Waals surface area contributed by atoms with Gasteiger partial charge in [-0.05, 0) is 81.2 Å². The van der Waals surface area contributed by atoms with Gasteiger partial charge in [0.25, 0.3) is 0 Å². The molecule has 8 heteroatoms. The van der Waals surface area contributed by atoms with Crippen molar-refractivity contribution in [1.29, 1.82) is 0 Å². The summed E-state index contributed by atoms with van der Waals surface area (Å²) in [5.41, 5.74) is 4.25. The topological polar surface area (TPSA) is 64.6 Å². The normalized spacial score (nSPS) is 22.3. The zero-order chi connectivity index (χ0) is 34.1. The minimum atomic E-state index is -0.442. The zero-order valence-electron chi connectivity index (χ0n) is 30.2. The van der Waals surface area contributed by atoms with Gasteiger partial charge in [0, 0.05) is 37.6 Å². The summed E-state index contributed by atoms with van der Waals surface area (Å²) in [5, 5.41) is 0.776. The molecule has 1 saturated heterocycles. The zero-order valence-corrected chi connectivity index (χ0v) is 31.0. The highest BCUT2D eigenvalue weighted by atomic mass is 35.5. The van der Waals surface area contributed by atoms with E-state index in [0.717, 1.165) is 103 Å². The lowest BCUT2D eigenvalue weighted by atomic mass is 9.86. The first-order chi connectivity index (χ1) is 23.6. The summed E-state index contributed by atoms with van der Waals surface area (Å²) in [6.45, 7) is 15.0. The standard InChI is InChI=1S/C40H61ClO7/c1-6-11-21-42-28-34-38(45-22-12-7-2)40(47-24-14-9-4)39(46-23-13-8-3)37(48-34)33-27-30(35(41)32-16-15-25-44-36(32)33)26-29-17-19-31(20-18-29)43-10-5/h17-20,27,34,37-40H,6-16,21-26,28H2,1-5H3/t34-,37+,38-,39+,40+/m1/s1. The largest absolute Gasteiger partial charge is 0.494 e. The lowest BCUT2D eigenvalue weighted by Gasteiger charge is -2.47. The fourth-order valence-corrected chi connectivity index (χ4v) is 6.74. The number of unbranched alkanes of at least 4 members (excludes halogenated alkanes) is 4. The number of hydrogen-bond donors (Lipinski definition) is 0. The molecule has 0 radical (unpaired) electrons. The molecule has 7 nitrogen and oxygen atoms in total. The number of ether oxygens (including phenoxy) is 7. The van der Waals surface area contributed by atoms with E-state index in [1.54, 1.807) is 0 Å². The van der Waals surface area contributed by atoms with E-state index < -0.39 is 6.10 Å².